The summed E-state index contributed by atoms with van der Waals surface area (Å²) in [7, 11) is 1.53. The maximum absolute atomic E-state index is 2.73. The molecule has 0 amide bonds. The van der Waals surface area contributed by atoms with Crippen molar-refractivity contribution in [3.8, 4) is 0 Å². The highest BCUT2D eigenvalue weighted by Crippen LogP contribution is 2.72. The van der Waals surface area contributed by atoms with Crippen LogP contribution < -0.4 is 0 Å². The molecule has 0 aromatic carbocycles. The van der Waals surface area contributed by atoms with Gasteiger partial charge >= 0.3 is 0 Å². The monoisotopic (exact) mass is 321 g/mol. The van der Waals surface area contributed by atoms with Gasteiger partial charge in [0.1, 0.15) is 5.28 Å². The molecule has 2 rings (SSSR count). The lowest BCUT2D eigenvalue weighted by Crippen LogP contribution is -2.74. The van der Waals surface area contributed by atoms with Crippen LogP contribution in [-0.2, 0) is 0 Å². The molecule has 2 heterocycles. The Hall–Kier alpha value is -0.290. The maximum Gasteiger partial charge on any atom is 0.117 e. The van der Waals surface area contributed by atoms with Crippen LogP contribution in [0.25, 0.3) is 0 Å². The molecule has 0 N–H and O–H groups in total. The van der Waals surface area contributed by atoms with Gasteiger partial charge in [0.25, 0.3) is 0 Å². The van der Waals surface area contributed by atoms with Gasteiger partial charge in [-0.25, -0.2) is 0 Å². The van der Waals surface area contributed by atoms with Crippen LogP contribution in [0.3, 0.4) is 0 Å². The predicted molar refractivity (Wildman–Crippen MR) is 101 cm³/mol. The van der Waals surface area contributed by atoms with E-state index in [0.29, 0.717) is 0 Å². The van der Waals surface area contributed by atoms with Gasteiger partial charge in [-0.05, 0) is 24.6 Å². The summed E-state index contributed by atoms with van der Waals surface area (Å²) >= 11 is 0. The van der Waals surface area contributed by atoms with E-state index in [-0.39, 0.29) is 26.9 Å². The molecule has 2 aliphatic rings. The zero-order valence-electron chi connectivity index (χ0n) is 16.9. The molecule has 1 unspecified atom stereocenters. The predicted octanol–water partition coefficient (Wildman–Crippen LogP) is 6.53. The lowest BCUT2D eigenvalue weighted by molar-refractivity contribution is 0.0737. The number of fused-ring (bicyclic) bond motifs is 1. The number of nitrogens with zero attached hydrogens (tertiary/aromatic N) is 1. The third-order valence-corrected chi connectivity index (χ3v) is 7.29. The smallest absolute Gasteiger partial charge is 0.117 e. The van der Waals surface area contributed by atoms with Crippen molar-refractivity contribution in [1.82, 2.24) is 4.90 Å². The van der Waals surface area contributed by atoms with Crippen LogP contribution in [0, 0.1) is 21.7 Å². The molecule has 0 fully saturated rings. The molecule has 126 valence electrons. The molecule has 0 aromatic heterocycles. The summed E-state index contributed by atoms with van der Waals surface area (Å²) in [5, 5.41) is 0.205. The Bertz CT molecular complexity index is 552. The molecular weight excluding hydrogens is 285 g/mol. The van der Waals surface area contributed by atoms with Crippen molar-refractivity contribution in [2.75, 3.05) is 0 Å². The van der Waals surface area contributed by atoms with E-state index in [1.165, 1.54) is 8.20 Å². The standard InChI is InChI=1S/C20H36NP/c1-16(2,3)13-14(17(4,5)6)21-15(18(7,8)9)22-20(13,21)19(10,11)12/h1-12H3. The zero-order valence-corrected chi connectivity index (χ0v) is 17.8. The normalized spacial score (nSPS) is 27.1. The molecule has 22 heavy (non-hydrogen) atoms. The van der Waals surface area contributed by atoms with Gasteiger partial charge in [0.2, 0.25) is 0 Å². The van der Waals surface area contributed by atoms with Crippen molar-refractivity contribution in [3.63, 3.8) is 0 Å². The van der Waals surface area contributed by atoms with Crippen LogP contribution in [0.15, 0.2) is 11.3 Å². The Balaban J connectivity index is 2.73. The molecule has 0 aliphatic carbocycles. The Kier molecular flexibility index (Phi) is 3.62. The Morgan fingerprint density at radius 2 is 1.14 bits per heavy atom. The lowest BCUT2D eigenvalue weighted by atomic mass is 9.61. The first kappa shape index (κ1) is 18.1. The van der Waals surface area contributed by atoms with Crippen LogP contribution in [0.1, 0.15) is 83.1 Å². The van der Waals surface area contributed by atoms with Crippen molar-refractivity contribution < 1.29 is 0 Å². The second-order valence-electron chi connectivity index (χ2n) is 11.2. The molecule has 0 saturated carbocycles. The van der Waals surface area contributed by atoms with Crippen molar-refractivity contribution in [2.45, 2.75) is 88.4 Å². The van der Waals surface area contributed by atoms with E-state index < -0.39 is 0 Å². The Labute approximate surface area is 140 Å². The number of rotatable bonds is 0. The maximum atomic E-state index is 2.73. The number of allylic oxidation sites excluding steroid dienone is 1. The average molecular weight is 321 g/mol. The fourth-order valence-electron chi connectivity index (χ4n) is 3.99. The minimum atomic E-state index is 0.198. The van der Waals surface area contributed by atoms with Gasteiger partial charge in [-0.15, -0.1) is 0 Å². The highest BCUT2D eigenvalue weighted by atomic mass is 31.1. The van der Waals surface area contributed by atoms with Crippen molar-refractivity contribution >= 4 is 13.6 Å². The van der Waals surface area contributed by atoms with Crippen molar-refractivity contribution in [1.29, 1.82) is 0 Å². The average Bonchev–Trinajstić information content (AvgIpc) is 2.12. The van der Waals surface area contributed by atoms with Gasteiger partial charge in [-0.1, -0.05) is 83.1 Å². The first-order valence-corrected chi connectivity index (χ1v) is 9.51. The first-order valence-electron chi connectivity index (χ1n) is 8.62. The quantitative estimate of drug-likeness (QED) is 0.459. The van der Waals surface area contributed by atoms with Crippen LogP contribution in [0.5, 0.6) is 0 Å². The van der Waals surface area contributed by atoms with E-state index in [0.717, 1.165) is 0 Å². The van der Waals surface area contributed by atoms with Gasteiger partial charge < -0.3 is 4.90 Å². The van der Waals surface area contributed by atoms with E-state index in [1.54, 1.807) is 16.7 Å². The lowest BCUT2D eigenvalue weighted by Gasteiger charge is -2.72. The SMILES string of the molecule is CC(C)(C)C1=PC2(C(C)(C)C)C(C(C)(C)C)=C(C(C)(C)C)N12. The molecule has 0 aromatic rings. The molecule has 0 spiro atoms. The summed E-state index contributed by atoms with van der Waals surface area (Å²) in [5.41, 5.74) is 5.79. The number of hydrogen-bond donors (Lipinski definition) is 0. The highest BCUT2D eigenvalue weighted by Gasteiger charge is 2.68. The van der Waals surface area contributed by atoms with E-state index >= 15 is 0 Å². The summed E-state index contributed by atoms with van der Waals surface area (Å²) in [6.45, 7) is 28.6. The molecule has 0 bridgehead atoms. The summed E-state index contributed by atoms with van der Waals surface area (Å²) in [6, 6.07) is 0. The van der Waals surface area contributed by atoms with Gasteiger partial charge in [-0.2, -0.15) is 0 Å². The second-order valence-corrected chi connectivity index (χ2v) is 12.5. The van der Waals surface area contributed by atoms with Crippen LogP contribution in [0.2, 0.25) is 0 Å². The third-order valence-electron chi connectivity index (χ3n) is 4.79. The fraction of sp³-hybridized carbons (Fsp3) is 0.850. The third kappa shape index (κ3) is 2.22. The van der Waals surface area contributed by atoms with Gasteiger partial charge in [0.15, 0.2) is 0 Å². The molecule has 2 heteroatoms. The molecule has 0 saturated heterocycles. The molecule has 0 radical (unpaired) electrons. The van der Waals surface area contributed by atoms with E-state index in [4.69, 9.17) is 0 Å². The number of hydrogen-bond acceptors (Lipinski definition) is 1. The summed E-state index contributed by atoms with van der Waals surface area (Å²) in [4.78, 5) is 2.73. The molecule has 1 nitrogen and oxygen atoms in total. The fourth-order valence-corrected chi connectivity index (χ4v) is 6.03. The first-order chi connectivity index (χ1) is 9.46. The minimum absolute atomic E-state index is 0.198. The molecule has 1 atom stereocenters. The Morgan fingerprint density at radius 3 is 1.41 bits per heavy atom. The second kappa shape index (κ2) is 4.41. The van der Waals surface area contributed by atoms with Gasteiger partial charge in [0, 0.05) is 16.5 Å². The van der Waals surface area contributed by atoms with Gasteiger partial charge in [-0.3, -0.25) is 0 Å². The minimum Gasteiger partial charge on any atom is -0.326 e. The largest absolute Gasteiger partial charge is 0.326 e. The molecule has 2 aliphatic heterocycles. The van der Waals surface area contributed by atoms with Crippen LogP contribution in [0.4, 0.5) is 0 Å². The summed E-state index contributed by atoms with van der Waals surface area (Å²) in [5.74, 6) is 0. The zero-order chi connectivity index (χ0) is 17.5. The van der Waals surface area contributed by atoms with Crippen LogP contribution >= 0.6 is 8.20 Å². The topological polar surface area (TPSA) is 3.24 Å². The molecular formula is C20H36NP. The van der Waals surface area contributed by atoms with Crippen molar-refractivity contribution in [2.24, 2.45) is 21.7 Å². The summed E-state index contributed by atoms with van der Waals surface area (Å²) < 4.78 is 0. The Morgan fingerprint density at radius 1 is 0.682 bits per heavy atom. The van der Waals surface area contributed by atoms with Crippen LogP contribution in [-0.4, -0.2) is 15.6 Å². The van der Waals surface area contributed by atoms with Crippen molar-refractivity contribution in [3.05, 3.63) is 11.3 Å². The summed E-state index contributed by atoms with van der Waals surface area (Å²) in [6.07, 6.45) is 0. The van der Waals surface area contributed by atoms with Gasteiger partial charge in [0.05, 0.1) is 5.42 Å². The van der Waals surface area contributed by atoms with E-state index in [1.807, 2.05) is 0 Å². The highest BCUT2D eigenvalue weighted by molar-refractivity contribution is 7.45. The van der Waals surface area contributed by atoms with E-state index in [2.05, 4.69) is 88.0 Å². The van der Waals surface area contributed by atoms with E-state index in [9.17, 15) is 0 Å².